The van der Waals surface area contributed by atoms with Crippen LogP contribution in [0.1, 0.15) is 24.6 Å². The van der Waals surface area contributed by atoms with Gasteiger partial charge in [0, 0.05) is 6.20 Å². The number of nitrogens with one attached hydrogen (secondary N) is 1. The standard InChI is InChI=1S/C21H19ClN4O4/c1-2-21(13-27)10-8-16(30-21)26-11-9-15-17(23-19(22)25-18(15)26)24-20(28)29-12-14-6-4-3-5-7-14/h1,3-7,9,11,16,27H,8,10,12-13H2,(H,23,24,25,28). The van der Waals surface area contributed by atoms with Crippen LogP contribution in [0.3, 0.4) is 0 Å². The Morgan fingerprint density at radius 1 is 1.40 bits per heavy atom. The molecule has 1 saturated heterocycles. The molecule has 1 aromatic carbocycles. The quantitative estimate of drug-likeness (QED) is 0.478. The number of aliphatic hydroxyl groups is 1. The van der Waals surface area contributed by atoms with Gasteiger partial charge >= 0.3 is 6.09 Å². The van der Waals surface area contributed by atoms with Crippen molar-refractivity contribution in [3.63, 3.8) is 0 Å². The summed E-state index contributed by atoms with van der Waals surface area (Å²) in [5.41, 5.74) is 0.327. The van der Waals surface area contributed by atoms with Crippen molar-refractivity contribution in [2.24, 2.45) is 0 Å². The van der Waals surface area contributed by atoms with Gasteiger partial charge in [0.15, 0.2) is 5.60 Å². The Hall–Kier alpha value is -3.12. The maximum atomic E-state index is 12.2. The molecule has 2 atom stereocenters. The maximum absolute atomic E-state index is 12.2. The average molecular weight is 427 g/mol. The van der Waals surface area contributed by atoms with Crippen molar-refractivity contribution >= 4 is 34.5 Å². The van der Waals surface area contributed by atoms with E-state index in [1.165, 1.54) is 0 Å². The minimum atomic E-state index is -1.01. The molecule has 2 aromatic heterocycles. The zero-order valence-corrected chi connectivity index (χ0v) is 16.7. The number of carbonyl (C=O) groups is 1. The van der Waals surface area contributed by atoms with Crippen LogP contribution in [0.25, 0.3) is 11.0 Å². The van der Waals surface area contributed by atoms with Crippen LogP contribution >= 0.6 is 11.6 Å². The molecule has 1 amide bonds. The van der Waals surface area contributed by atoms with Crippen LogP contribution in [0.5, 0.6) is 0 Å². The number of fused-ring (bicyclic) bond motifs is 1. The second-order valence-electron chi connectivity index (χ2n) is 6.90. The summed E-state index contributed by atoms with van der Waals surface area (Å²) in [6.45, 7) is -0.143. The lowest BCUT2D eigenvalue weighted by Crippen LogP contribution is -2.31. The molecule has 3 heterocycles. The molecule has 0 bridgehead atoms. The monoisotopic (exact) mass is 426 g/mol. The first-order valence-electron chi connectivity index (χ1n) is 9.32. The highest BCUT2D eigenvalue weighted by Gasteiger charge is 2.39. The highest BCUT2D eigenvalue weighted by molar-refractivity contribution is 6.28. The number of aromatic nitrogens is 3. The normalized spacial score (nSPS) is 20.8. The summed E-state index contributed by atoms with van der Waals surface area (Å²) in [4.78, 5) is 20.6. The molecule has 1 aliphatic rings. The molecule has 30 heavy (non-hydrogen) atoms. The molecule has 4 rings (SSSR count). The van der Waals surface area contributed by atoms with Gasteiger partial charge < -0.3 is 19.1 Å². The smallest absolute Gasteiger partial charge is 0.413 e. The molecule has 3 aromatic rings. The van der Waals surface area contributed by atoms with E-state index in [9.17, 15) is 9.90 Å². The molecule has 0 spiro atoms. The van der Waals surface area contributed by atoms with Gasteiger partial charge in [0.05, 0.1) is 12.0 Å². The maximum Gasteiger partial charge on any atom is 0.413 e. The second-order valence-corrected chi connectivity index (χ2v) is 7.23. The number of ether oxygens (including phenoxy) is 2. The Kier molecular flexibility index (Phi) is 5.59. The number of carbonyl (C=O) groups excluding carboxylic acids is 1. The highest BCUT2D eigenvalue weighted by atomic mass is 35.5. The molecule has 0 radical (unpaired) electrons. The lowest BCUT2D eigenvalue weighted by molar-refractivity contribution is -0.0615. The van der Waals surface area contributed by atoms with E-state index in [1.807, 2.05) is 30.3 Å². The van der Waals surface area contributed by atoms with E-state index >= 15 is 0 Å². The number of halogens is 1. The van der Waals surface area contributed by atoms with Crippen LogP contribution in [0, 0.1) is 12.3 Å². The number of hydrogen-bond donors (Lipinski definition) is 2. The van der Waals surface area contributed by atoms with Gasteiger partial charge in [-0.15, -0.1) is 6.42 Å². The first kappa shape index (κ1) is 20.2. The van der Waals surface area contributed by atoms with E-state index in [2.05, 4.69) is 21.2 Å². The third-order valence-electron chi connectivity index (χ3n) is 4.96. The van der Waals surface area contributed by atoms with Crippen molar-refractivity contribution < 1.29 is 19.4 Å². The van der Waals surface area contributed by atoms with E-state index in [4.69, 9.17) is 27.5 Å². The molecular formula is C21H19ClN4O4. The van der Waals surface area contributed by atoms with Crippen LogP contribution < -0.4 is 5.32 Å². The fraction of sp³-hybridized carbons (Fsp3) is 0.286. The van der Waals surface area contributed by atoms with Gasteiger partial charge in [-0.3, -0.25) is 5.32 Å². The number of aliphatic hydroxyl groups excluding tert-OH is 1. The van der Waals surface area contributed by atoms with Gasteiger partial charge in [0.1, 0.15) is 24.3 Å². The average Bonchev–Trinajstić information content (AvgIpc) is 3.37. The third kappa shape index (κ3) is 3.96. The first-order chi connectivity index (χ1) is 14.5. The number of hydrogen-bond acceptors (Lipinski definition) is 6. The summed E-state index contributed by atoms with van der Waals surface area (Å²) in [5.74, 6) is 2.75. The van der Waals surface area contributed by atoms with Gasteiger partial charge in [-0.1, -0.05) is 36.3 Å². The molecule has 2 unspecified atom stereocenters. The molecule has 9 heteroatoms. The molecule has 1 aliphatic heterocycles. The van der Waals surface area contributed by atoms with E-state index in [0.29, 0.717) is 23.9 Å². The van der Waals surface area contributed by atoms with Crippen LogP contribution in [0.2, 0.25) is 5.28 Å². The van der Waals surface area contributed by atoms with Crippen molar-refractivity contribution in [2.45, 2.75) is 31.3 Å². The summed E-state index contributed by atoms with van der Waals surface area (Å²) in [5, 5.41) is 12.7. The number of amides is 1. The van der Waals surface area contributed by atoms with Gasteiger partial charge in [0.2, 0.25) is 5.28 Å². The minimum absolute atomic E-state index is 0.0378. The van der Waals surface area contributed by atoms with Crippen molar-refractivity contribution in [2.75, 3.05) is 11.9 Å². The topological polar surface area (TPSA) is 98.5 Å². The summed E-state index contributed by atoms with van der Waals surface area (Å²) < 4.78 is 12.9. The van der Waals surface area contributed by atoms with Crippen molar-refractivity contribution in [1.82, 2.24) is 14.5 Å². The van der Waals surface area contributed by atoms with E-state index in [1.54, 1.807) is 16.8 Å². The zero-order chi connectivity index (χ0) is 21.1. The highest BCUT2D eigenvalue weighted by Crippen LogP contribution is 2.38. The molecule has 2 N–H and O–H groups in total. The van der Waals surface area contributed by atoms with E-state index in [-0.39, 0.29) is 24.3 Å². The number of terminal acetylenes is 1. The predicted octanol–water partition coefficient (Wildman–Crippen LogP) is 3.51. The fourth-order valence-electron chi connectivity index (χ4n) is 3.39. The Morgan fingerprint density at radius 2 is 2.20 bits per heavy atom. The molecule has 0 aliphatic carbocycles. The van der Waals surface area contributed by atoms with E-state index in [0.717, 1.165) is 5.56 Å². The van der Waals surface area contributed by atoms with E-state index < -0.39 is 17.9 Å². The van der Waals surface area contributed by atoms with Crippen molar-refractivity contribution in [1.29, 1.82) is 0 Å². The largest absolute Gasteiger partial charge is 0.444 e. The lowest BCUT2D eigenvalue weighted by Gasteiger charge is -2.21. The first-order valence-corrected chi connectivity index (χ1v) is 9.69. The number of rotatable bonds is 5. The number of benzene rings is 1. The summed E-state index contributed by atoms with van der Waals surface area (Å²) >= 11 is 6.09. The van der Waals surface area contributed by atoms with Crippen LogP contribution in [-0.4, -0.2) is 37.9 Å². The van der Waals surface area contributed by atoms with Gasteiger partial charge in [-0.25, -0.2) is 4.79 Å². The fourth-order valence-corrected chi connectivity index (χ4v) is 3.55. The molecular weight excluding hydrogens is 408 g/mol. The Labute approximate surface area is 177 Å². The van der Waals surface area contributed by atoms with Crippen molar-refractivity contribution in [3.8, 4) is 12.3 Å². The van der Waals surface area contributed by atoms with Gasteiger partial charge in [-0.2, -0.15) is 9.97 Å². The van der Waals surface area contributed by atoms with Crippen molar-refractivity contribution in [3.05, 3.63) is 53.4 Å². The Morgan fingerprint density at radius 3 is 2.90 bits per heavy atom. The summed E-state index contributed by atoms with van der Waals surface area (Å²) in [6, 6.07) is 11.1. The summed E-state index contributed by atoms with van der Waals surface area (Å²) in [7, 11) is 0. The third-order valence-corrected chi connectivity index (χ3v) is 5.13. The van der Waals surface area contributed by atoms with Gasteiger partial charge in [0.25, 0.3) is 0 Å². The Balaban J connectivity index is 1.54. The predicted molar refractivity (Wildman–Crippen MR) is 111 cm³/mol. The summed E-state index contributed by atoms with van der Waals surface area (Å²) in [6.07, 6.45) is 7.31. The Bertz CT molecular complexity index is 1110. The second kappa shape index (κ2) is 8.32. The van der Waals surface area contributed by atoms with Gasteiger partial charge in [-0.05, 0) is 36.1 Å². The molecule has 1 fully saturated rings. The molecule has 8 nitrogen and oxygen atoms in total. The van der Waals surface area contributed by atoms with Crippen LogP contribution in [0.4, 0.5) is 10.6 Å². The lowest BCUT2D eigenvalue weighted by atomic mass is 10.0. The van der Waals surface area contributed by atoms with Crippen LogP contribution in [-0.2, 0) is 16.1 Å². The minimum Gasteiger partial charge on any atom is -0.444 e. The molecule has 154 valence electrons. The molecule has 0 saturated carbocycles. The number of nitrogens with zero attached hydrogens (tertiary/aromatic N) is 3. The SMILES string of the molecule is C#CC1(CO)CCC(n2ccc3c(NC(=O)OCc4ccccc4)nc(Cl)nc32)O1. The van der Waals surface area contributed by atoms with Crippen LogP contribution in [0.15, 0.2) is 42.6 Å². The zero-order valence-electron chi connectivity index (χ0n) is 15.9. The number of anilines is 1.